The van der Waals surface area contributed by atoms with Crippen molar-refractivity contribution in [3.63, 3.8) is 0 Å². The summed E-state index contributed by atoms with van der Waals surface area (Å²) in [5, 5.41) is 15.8. The van der Waals surface area contributed by atoms with Gasteiger partial charge in [0, 0.05) is 18.4 Å². The summed E-state index contributed by atoms with van der Waals surface area (Å²) in [6.07, 6.45) is 8.17. The van der Waals surface area contributed by atoms with Crippen LogP contribution in [0.2, 0.25) is 0 Å². The normalized spacial score (nSPS) is 41.2. The number of benzene rings is 1. The summed E-state index contributed by atoms with van der Waals surface area (Å²) in [7, 11) is 0. The van der Waals surface area contributed by atoms with Gasteiger partial charge in [-0.1, -0.05) is 26.0 Å². The van der Waals surface area contributed by atoms with Gasteiger partial charge in [0.15, 0.2) is 0 Å². The molecular weight excluding hydrogens is 386 g/mol. The minimum atomic E-state index is 0.00165. The number of hydrogen-bond acceptors (Lipinski definition) is 3. The van der Waals surface area contributed by atoms with Crippen molar-refractivity contribution in [2.75, 3.05) is 5.32 Å². The molecule has 5 heteroatoms. The summed E-state index contributed by atoms with van der Waals surface area (Å²) < 4.78 is 0. The molecule has 3 aliphatic carbocycles. The molecule has 164 valence electrons. The van der Waals surface area contributed by atoms with E-state index in [0.717, 1.165) is 44.9 Å². The van der Waals surface area contributed by atoms with Crippen molar-refractivity contribution in [2.45, 2.75) is 71.3 Å². The standard InChI is InChI=1S/C26H33N3O2/c1-25-13-11-19-17(7-10-22-26(19,2)14-12-23(30)29-22)18(25)8-9-20(25)24(31)28-21-6-4-3-5-16(21)15-27/h3-6,17-20,22H,7-14H2,1-2H3,(H,28,31)(H,29,30)/t17-,18-,19+,20?,22?,25-,26+/m0/s1. The van der Waals surface area contributed by atoms with E-state index in [0.29, 0.717) is 41.5 Å². The molecule has 5 rings (SSSR count). The molecule has 2 N–H and O–H groups in total. The Morgan fingerprint density at radius 2 is 1.84 bits per heavy atom. The van der Waals surface area contributed by atoms with Gasteiger partial charge in [0.25, 0.3) is 0 Å². The Labute approximate surface area is 185 Å². The fourth-order valence-corrected chi connectivity index (χ4v) is 8.04. The van der Waals surface area contributed by atoms with Crippen LogP contribution in [0.15, 0.2) is 24.3 Å². The topological polar surface area (TPSA) is 82.0 Å². The number of hydrogen-bond donors (Lipinski definition) is 2. The number of para-hydroxylation sites is 1. The van der Waals surface area contributed by atoms with Gasteiger partial charge in [0.05, 0.1) is 11.3 Å². The van der Waals surface area contributed by atoms with Crippen molar-refractivity contribution in [1.82, 2.24) is 5.32 Å². The summed E-state index contributed by atoms with van der Waals surface area (Å²) in [4.78, 5) is 25.4. The van der Waals surface area contributed by atoms with Gasteiger partial charge in [-0.15, -0.1) is 0 Å². The summed E-state index contributed by atoms with van der Waals surface area (Å²) in [5.74, 6) is 2.17. The SMILES string of the molecule is C[C@]12CCC(=O)NC1CC[C@@H]1[C@H]2CC[C@]2(C)C(C(=O)Nc3ccccc3C#N)CC[C@@H]12. The highest BCUT2D eigenvalue weighted by Gasteiger charge is 2.61. The first-order valence-electron chi connectivity index (χ1n) is 12.0. The summed E-state index contributed by atoms with van der Waals surface area (Å²) in [6.45, 7) is 4.76. The lowest BCUT2D eigenvalue weighted by molar-refractivity contribution is -0.140. The first kappa shape index (κ1) is 20.5. The number of anilines is 1. The predicted octanol–water partition coefficient (Wildman–Crippen LogP) is 4.63. The van der Waals surface area contributed by atoms with Crippen molar-refractivity contribution >= 4 is 17.5 Å². The molecule has 4 aliphatic rings. The largest absolute Gasteiger partial charge is 0.353 e. The van der Waals surface area contributed by atoms with Crippen LogP contribution in [-0.2, 0) is 9.59 Å². The van der Waals surface area contributed by atoms with E-state index in [1.807, 2.05) is 18.2 Å². The van der Waals surface area contributed by atoms with Gasteiger partial charge >= 0.3 is 0 Å². The van der Waals surface area contributed by atoms with Crippen molar-refractivity contribution < 1.29 is 9.59 Å². The Morgan fingerprint density at radius 3 is 2.65 bits per heavy atom. The maximum Gasteiger partial charge on any atom is 0.228 e. The lowest BCUT2D eigenvalue weighted by Crippen LogP contribution is -2.61. The summed E-state index contributed by atoms with van der Waals surface area (Å²) in [6, 6.07) is 9.77. The zero-order valence-electron chi connectivity index (χ0n) is 18.6. The molecule has 4 fully saturated rings. The van der Waals surface area contributed by atoms with E-state index >= 15 is 0 Å². The molecule has 2 unspecified atom stereocenters. The predicted molar refractivity (Wildman–Crippen MR) is 119 cm³/mol. The fraction of sp³-hybridized carbons (Fsp3) is 0.654. The number of amides is 2. The van der Waals surface area contributed by atoms with Crippen LogP contribution in [0.3, 0.4) is 0 Å². The number of piperidine rings is 1. The maximum atomic E-state index is 13.4. The third kappa shape index (κ3) is 3.10. The Bertz CT molecular complexity index is 952. The van der Waals surface area contributed by atoms with Crippen LogP contribution in [0.5, 0.6) is 0 Å². The van der Waals surface area contributed by atoms with Crippen molar-refractivity contribution in [2.24, 2.45) is 34.5 Å². The Balaban J connectivity index is 1.36. The summed E-state index contributed by atoms with van der Waals surface area (Å²) >= 11 is 0. The Kier molecular flexibility index (Phi) is 4.88. The quantitative estimate of drug-likeness (QED) is 0.733. The Morgan fingerprint density at radius 1 is 1.06 bits per heavy atom. The first-order chi connectivity index (χ1) is 14.9. The molecule has 0 aromatic heterocycles. The van der Waals surface area contributed by atoms with Gasteiger partial charge in [0.1, 0.15) is 6.07 Å². The van der Waals surface area contributed by atoms with Gasteiger partial charge in [-0.05, 0) is 85.7 Å². The van der Waals surface area contributed by atoms with Gasteiger partial charge in [-0.2, -0.15) is 5.26 Å². The van der Waals surface area contributed by atoms with E-state index in [1.54, 1.807) is 6.07 Å². The van der Waals surface area contributed by atoms with Crippen molar-refractivity contribution in [3.05, 3.63) is 29.8 Å². The van der Waals surface area contributed by atoms with E-state index in [2.05, 4.69) is 30.6 Å². The lowest BCUT2D eigenvalue weighted by Gasteiger charge is -2.60. The van der Waals surface area contributed by atoms with E-state index in [4.69, 9.17) is 0 Å². The molecule has 0 spiro atoms. The number of carbonyl (C=O) groups is 2. The first-order valence-corrected chi connectivity index (χ1v) is 12.0. The Hall–Kier alpha value is -2.35. The molecule has 1 aliphatic heterocycles. The third-order valence-electron chi connectivity index (χ3n) is 9.72. The second kappa shape index (κ2) is 7.36. The highest BCUT2D eigenvalue weighted by Crippen LogP contribution is 2.65. The molecule has 0 bridgehead atoms. The molecule has 31 heavy (non-hydrogen) atoms. The van der Waals surface area contributed by atoms with Crippen LogP contribution >= 0.6 is 0 Å². The number of nitriles is 1. The smallest absolute Gasteiger partial charge is 0.228 e. The molecule has 2 amide bonds. The molecule has 1 saturated heterocycles. The van der Waals surface area contributed by atoms with Gasteiger partial charge in [-0.3, -0.25) is 9.59 Å². The minimum Gasteiger partial charge on any atom is -0.353 e. The maximum absolute atomic E-state index is 13.4. The van der Waals surface area contributed by atoms with Crippen LogP contribution in [0.25, 0.3) is 0 Å². The highest BCUT2D eigenvalue weighted by molar-refractivity contribution is 5.94. The lowest BCUT2D eigenvalue weighted by atomic mass is 9.47. The van der Waals surface area contributed by atoms with Crippen molar-refractivity contribution in [3.8, 4) is 6.07 Å². The molecule has 1 aromatic rings. The third-order valence-corrected chi connectivity index (χ3v) is 9.72. The molecule has 1 aromatic carbocycles. The second-order valence-corrected chi connectivity index (χ2v) is 10.9. The zero-order chi connectivity index (χ0) is 21.8. The van der Waals surface area contributed by atoms with Gasteiger partial charge in [0.2, 0.25) is 11.8 Å². The molecule has 3 saturated carbocycles. The minimum absolute atomic E-state index is 0.00165. The van der Waals surface area contributed by atoms with E-state index < -0.39 is 0 Å². The highest BCUT2D eigenvalue weighted by atomic mass is 16.2. The van der Waals surface area contributed by atoms with Crippen LogP contribution < -0.4 is 10.6 Å². The molecule has 0 radical (unpaired) electrons. The van der Waals surface area contributed by atoms with E-state index in [1.165, 1.54) is 0 Å². The monoisotopic (exact) mass is 419 g/mol. The van der Waals surface area contributed by atoms with Crippen molar-refractivity contribution in [1.29, 1.82) is 5.26 Å². The molecule has 1 heterocycles. The average molecular weight is 420 g/mol. The van der Waals surface area contributed by atoms with Crippen LogP contribution in [-0.4, -0.2) is 17.9 Å². The fourth-order valence-electron chi connectivity index (χ4n) is 8.04. The van der Waals surface area contributed by atoms with Gasteiger partial charge in [-0.25, -0.2) is 0 Å². The van der Waals surface area contributed by atoms with Crippen LogP contribution in [0.1, 0.15) is 70.8 Å². The molecule has 7 atom stereocenters. The van der Waals surface area contributed by atoms with Crippen LogP contribution in [0, 0.1) is 45.8 Å². The number of nitrogens with zero attached hydrogens (tertiary/aromatic N) is 1. The molecular formula is C26H33N3O2. The second-order valence-electron chi connectivity index (χ2n) is 10.9. The number of carbonyl (C=O) groups excluding carboxylic acids is 2. The number of nitrogens with one attached hydrogen (secondary N) is 2. The number of rotatable bonds is 2. The zero-order valence-corrected chi connectivity index (χ0v) is 18.6. The van der Waals surface area contributed by atoms with E-state index in [9.17, 15) is 14.9 Å². The number of fused-ring (bicyclic) bond motifs is 5. The van der Waals surface area contributed by atoms with E-state index in [-0.39, 0.29) is 28.6 Å². The van der Waals surface area contributed by atoms with Gasteiger partial charge < -0.3 is 10.6 Å². The van der Waals surface area contributed by atoms with Crippen LogP contribution in [0.4, 0.5) is 5.69 Å². The molecule has 5 nitrogen and oxygen atoms in total. The average Bonchev–Trinajstić information content (AvgIpc) is 3.12. The summed E-state index contributed by atoms with van der Waals surface area (Å²) in [5.41, 5.74) is 1.37.